The lowest BCUT2D eigenvalue weighted by atomic mass is 9.97. The molecule has 0 fully saturated rings. The zero-order valence-corrected chi connectivity index (χ0v) is 12.0. The van der Waals surface area contributed by atoms with Gasteiger partial charge in [-0.3, -0.25) is 4.79 Å². The molecule has 0 aliphatic carbocycles. The monoisotopic (exact) mass is 298 g/mol. The van der Waals surface area contributed by atoms with Crippen LogP contribution in [0, 0.1) is 5.82 Å². The van der Waals surface area contributed by atoms with Gasteiger partial charge in [-0.25, -0.2) is 9.40 Å². The van der Waals surface area contributed by atoms with E-state index in [0.717, 1.165) is 0 Å². The highest BCUT2D eigenvalue weighted by molar-refractivity contribution is 6.03. The molecule has 0 saturated heterocycles. The topological polar surface area (TPSA) is 52.9 Å². The van der Waals surface area contributed by atoms with Gasteiger partial charge in [0.25, 0.3) is 0 Å². The first-order valence-corrected chi connectivity index (χ1v) is 6.98. The number of carbonyl (C=O) groups is 1. The van der Waals surface area contributed by atoms with Crippen LogP contribution in [0.1, 0.15) is 30.5 Å². The lowest BCUT2D eigenvalue weighted by Gasteiger charge is -2.21. The Morgan fingerprint density at radius 2 is 1.91 bits per heavy atom. The molecular formula is C17H15FN2O2. The van der Waals surface area contributed by atoms with Crippen LogP contribution in [0.3, 0.4) is 0 Å². The van der Waals surface area contributed by atoms with Crippen molar-refractivity contribution in [3.8, 4) is 5.75 Å². The predicted molar refractivity (Wildman–Crippen MR) is 80.9 cm³/mol. The molecule has 1 heterocycles. The van der Waals surface area contributed by atoms with Crippen molar-refractivity contribution in [1.82, 2.24) is 5.01 Å². The lowest BCUT2D eigenvalue weighted by Crippen LogP contribution is -2.24. The van der Waals surface area contributed by atoms with E-state index in [2.05, 4.69) is 5.10 Å². The summed E-state index contributed by atoms with van der Waals surface area (Å²) in [5, 5.41) is 15.6. The second kappa shape index (κ2) is 5.60. The Balaban J connectivity index is 2.01. The van der Waals surface area contributed by atoms with Gasteiger partial charge in [0.05, 0.1) is 11.8 Å². The van der Waals surface area contributed by atoms with Gasteiger partial charge in [0.15, 0.2) is 0 Å². The minimum atomic E-state index is -0.423. The van der Waals surface area contributed by atoms with Gasteiger partial charge in [-0.2, -0.15) is 5.10 Å². The number of hydrogen-bond acceptors (Lipinski definition) is 3. The quantitative estimate of drug-likeness (QED) is 0.925. The summed E-state index contributed by atoms with van der Waals surface area (Å²) in [4.78, 5) is 11.8. The number of hydrazone groups is 1. The highest BCUT2D eigenvalue weighted by Gasteiger charge is 2.33. The molecule has 2 aromatic rings. The maximum absolute atomic E-state index is 13.9. The minimum Gasteiger partial charge on any atom is -0.508 e. The highest BCUT2D eigenvalue weighted by Crippen LogP contribution is 2.37. The summed E-state index contributed by atoms with van der Waals surface area (Å²) in [6.45, 7) is 1.40. The molecule has 22 heavy (non-hydrogen) atoms. The molecule has 1 aliphatic heterocycles. The van der Waals surface area contributed by atoms with Crippen LogP contribution < -0.4 is 0 Å². The molecule has 0 aromatic heterocycles. The summed E-state index contributed by atoms with van der Waals surface area (Å²) in [5.74, 6) is -0.522. The van der Waals surface area contributed by atoms with Gasteiger partial charge >= 0.3 is 0 Å². The lowest BCUT2D eigenvalue weighted by molar-refractivity contribution is -0.130. The van der Waals surface area contributed by atoms with Gasteiger partial charge < -0.3 is 5.11 Å². The summed E-state index contributed by atoms with van der Waals surface area (Å²) in [6, 6.07) is 12.7. The van der Waals surface area contributed by atoms with Crippen LogP contribution in [-0.2, 0) is 4.79 Å². The number of para-hydroxylation sites is 1. The molecule has 0 spiro atoms. The zero-order chi connectivity index (χ0) is 15.7. The van der Waals surface area contributed by atoms with Crippen LogP contribution in [0.5, 0.6) is 5.75 Å². The average molecular weight is 298 g/mol. The number of aromatic hydroxyl groups is 1. The molecule has 0 radical (unpaired) electrons. The molecule has 1 N–H and O–H groups in total. The van der Waals surface area contributed by atoms with Crippen molar-refractivity contribution in [3.63, 3.8) is 0 Å². The third-order valence-electron chi connectivity index (χ3n) is 3.71. The fourth-order valence-corrected chi connectivity index (χ4v) is 2.67. The van der Waals surface area contributed by atoms with E-state index < -0.39 is 6.04 Å². The van der Waals surface area contributed by atoms with Crippen molar-refractivity contribution in [3.05, 3.63) is 65.5 Å². The number of phenolic OH excluding ortho intramolecular Hbond substituents is 1. The summed E-state index contributed by atoms with van der Waals surface area (Å²) in [5.41, 5.74) is 1.49. The molecule has 1 aliphatic rings. The smallest absolute Gasteiger partial charge is 0.240 e. The minimum absolute atomic E-state index is 0.101. The summed E-state index contributed by atoms with van der Waals surface area (Å²) >= 11 is 0. The van der Waals surface area contributed by atoms with Gasteiger partial charge in [-0.05, 0) is 12.1 Å². The average Bonchev–Trinajstić information content (AvgIpc) is 2.93. The van der Waals surface area contributed by atoms with Crippen molar-refractivity contribution in [2.75, 3.05) is 0 Å². The van der Waals surface area contributed by atoms with E-state index in [9.17, 15) is 14.3 Å². The van der Waals surface area contributed by atoms with E-state index >= 15 is 0 Å². The number of phenols is 1. The van der Waals surface area contributed by atoms with Crippen molar-refractivity contribution < 1.29 is 14.3 Å². The molecule has 1 amide bonds. The number of carbonyl (C=O) groups excluding carboxylic acids is 1. The number of halogens is 1. The molecular weight excluding hydrogens is 283 g/mol. The van der Waals surface area contributed by atoms with E-state index in [4.69, 9.17) is 0 Å². The first-order valence-electron chi connectivity index (χ1n) is 6.98. The number of benzene rings is 2. The Morgan fingerprint density at radius 3 is 2.59 bits per heavy atom. The fraction of sp³-hybridized carbons (Fsp3) is 0.176. The van der Waals surface area contributed by atoms with E-state index in [1.54, 1.807) is 42.5 Å². The predicted octanol–water partition coefficient (Wildman–Crippen LogP) is 3.23. The molecule has 0 unspecified atom stereocenters. The van der Waals surface area contributed by atoms with Crippen LogP contribution >= 0.6 is 0 Å². The maximum Gasteiger partial charge on any atom is 0.240 e. The molecule has 112 valence electrons. The maximum atomic E-state index is 13.9. The second-order valence-corrected chi connectivity index (χ2v) is 5.17. The molecule has 2 aromatic carbocycles. The molecule has 0 bridgehead atoms. The van der Waals surface area contributed by atoms with E-state index in [0.29, 0.717) is 23.3 Å². The van der Waals surface area contributed by atoms with Crippen LogP contribution in [0.4, 0.5) is 4.39 Å². The molecule has 5 heteroatoms. The first kappa shape index (κ1) is 14.3. The van der Waals surface area contributed by atoms with Gasteiger partial charge in [0, 0.05) is 24.5 Å². The number of hydrogen-bond donors (Lipinski definition) is 1. The summed E-state index contributed by atoms with van der Waals surface area (Å²) < 4.78 is 13.9. The first-order chi connectivity index (χ1) is 10.6. The third-order valence-corrected chi connectivity index (χ3v) is 3.71. The van der Waals surface area contributed by atoms with E-state index in [1.807, 2.05) is 0 Å². The Morgan fingerprint density at radius 1 is 1.23 bits per heavy atom. The third kappa shape index (κ3) is 2.45. The van der Waals surface area contributed by atoms with Crippen molar-refractivity contribution in [1.29, 1.82) is 0 Å². The Labute approximate surface area is 127 Å². The second-order valence-electron chi connectivity index (χ2n) is 5.17. The largest absolute Gasteiger partial charge is 0.508 e. The van der Waals surface area contributed by atoms with Crippen LogP contribution in [0.2, 0.25) is 0 Å². The van der Waals surface area contributed by atoms with E-state index in [-0.39, 0.29) is 17.5 Å². The van der Waals surface area contributed by atoms with Crippen molar-refractivity contribution >= 4 is 11.6 Å². The van der Waals surface area contributed by atoms with Gasteiger partial charge in [0.2, 0.25) is 5.91 Å². The molecule has 1 atom stereocenters. The Bertz CT molecular complexity index is 758. The van der Waals surface area contributed by atoms with E-state index in [1.165, 1.54) is 18.0 Å². The highest BCUT2D eigenvalue weighted by atomic mass is 19.1. The summed E-state index contributed by atoms with van der Waals surface area (Å²) in [6.07, 6.45) is 0.359. The Hall–Kier alpha value is -2.69. The van der Waals surface area contributed by atoms with Crippen molar-refractivity contribution in [2.24, 2.45) is 5.10 Å². The fourth-order valence-electron chi connectivity index (χ4n) is 2.67. The SMILES string of the molecule is CC(=O)N1N=C(c2ccccc2F)C[C@@H]1c1ccccc1O. The van der Waals surface area contributed by atoms with Crippen LogP contribution in [0.25, 0.3) is 0 Å². The number of nitrogens with zero attached hydrogens (tertiary/aromatic N) is 2. The zero-order valence-electron chi connectivity index (χ0n) is 12.0. The van der Waals surface area contributed by atoms with Gasteiger partial charge in [-0.15, -0.1) is 0 Å². The molecule has 0 saturated carbocycles. The summed E-state index contributed by atoms with van der Waals surface area (Å²) in [7, 11) is 0. The van der Waals surface area contributed by atoms with Crippen molar-refractivity contribution in [2.45, 2.75) is 19.4 Å². The standard InChI is InChI=1S/C17H15FN2O2/c1-11(21)20-16(13-7-3-5-9-17(13)22)10-15(19-20)12-6-2-4-8-14(12)18/h2-9,16,22H,10H2,1H3/t16-/m1/s1. The molecule has 4 nitrogen and oxygen atoms in total. The number of rotatable bonds is 2. The van der Waals surface area contributed by atoms with Gasteiger partial charge in [-0.1, -0.05) is 36.4 Å². The number of amides is 1. The normalized spacial score (nSPS) is 17.5. The Kier molecular flexibility index (Phi) is 3.63. The molecule has 3 rings (SSSR count). The van der Waals surface area contributed by atoms with Crippen LogP contribution in [0.15, 0.2) is 53.6 Å². The van der Waals surface area contributed by atoms with Gasteiger partial charge in [0.1, 0.15) is 11.6 Å². The van der Waals surface area contributed by atoms with Crippen LogP contribution in [-0.4, -0.2) is 21.7 Å².